The molecule has 0 radical (unpaired) electrons. The number of furan rings is 1. The normalized spacial score (nSPS) is 14.5. The molecule has 0 saturated heterocycles. The molecule has 0 bridgehead atoms. The first-order valence-corrected chi connectivity index (χ1v) is 7.45. The Morgan fingerprint density at radius 2 is 2.14 bits per heavy atom. The fraction of sp³-hybridized carbons (Fsp3) is 0.667. The second-order valence-corrected chi connectivity index (χ2v) is 4.98. The minimum Gasteiger partial charge on any atom is -0.468 e. The van der Waals surface area contributed by atoms with E-state index in [2.05, 4.69) is 29.1 Å². The Labute approximate surface area is 150 Å². The number of likely N-dealkylation sites (N-methyl/N-ethyl adjacent to an activating group) is 1. The van der Waals surface area contributed by atoms with Crippen LogP contribution in [0, 0.1) is 0 Å². The third kappa shape index (κ3) is 6.97. The Bertz CT molecular complexity index is 408. The number of nitrogens with zero attached hydrogens (tertiary/aromatic N) is 2. The van der Waals surface area contributed by atoms with Crippen LogP contribution in [0.1, 0.15) is 32.6 Å². The van der Waals surface area contributed by atoms with Gasteiger partial charge in [-0.05, 0) is 32.1 Å². The summed E-state index contributed by atoms with van der Waals surface area (Å²) in [4.78, 5) is 6.75. The number of methoxy groups -OCH3 is 1. The Morgan fingerprint density at radius 1 is 1.45 bits per heavy atom. The number of hydrogen-bond donors (Lipinski definition) is 2. The molecule has 2 atom stereocenters. The van der Waals surface area contributed by atoms with Crippen LogP contribution in [-0.2, 0) is 4.74 Å². The number of halogens is 1. The molecule has 1 aromatic heterocycles. The second-order valence-electron chi connectivity index (χ2n) is 4.98. The second kappa shape index (κ2) is 11.7. The number of nitrogens with two attached hydrogens (primary N) is 1. The van der Waals surface area contributed by atoms with Crippen LogP contribution < -0.4 is 11.1 Å². The first-order chi connectivity index (χ1) is 10.1. The van der Waals surface area contributed by atoms with Crippen molar-refractivity contribution >= 4 is 29.9 Å². The van der Waals surface area contributed by atoms with Crippen molar-refractivity contribution in [1.29, 1.82) is 0 Å². The van der Waals surface area contributed by atoms with Crippen LogP contribution in [0.25, 0.3) is 0 Å². The molecule has 1 heterocycles. The summed E-state index contributed by atoms with van der Waals surface area (Å²) in [5, 5.41) is 3.11. The van der Waals surface area contributed by atoms with E-state index in [1.165, 1.54) is 0 Å². The zero-order valence-corrected chi connectivity index (χ0v) is 16.2. The van der Waals surface area contributed by atoms with Crippen LogP contribution in [-0.4, -0.2) is 50.3 Å². The predicted octanol–water partition coefficient (Wildman–Crippen LogP) is 2.22. The molecule has 0 aliphatic heterocycles. The molecule has 2 unspecified atom stereocenters. The number of aliphatic imine (C=N–C) groups is 1. The van der Waals surface area contributed by atoms with Gasteiger partial charge in [0.1, 0.15) is 5.76 Å². The molecule has 128 valence electrons. The van der Waals surface area contributed by atoms with Crippen LogP contribution in [0.15, 0.2) is 27.8 Å². The summed E-state index contributed by atoms with van der Waals surface area (Å²) in [5.74, 6) is 1.35. The molecule has 6 nitrogen and oxygen atoms in total. The molecule has 0 fully saturated rings. The van der Waals surface area contributed by atoms with Crippen LogP contribution in [0.3, 0.4) is 0 Å². The van der Waals surface area contributed by atoms with E-state index in [9.17, 15) is 0 Å². The highest BCUT2D eigenvalue weighted by Crippen LogP contribution is 2.21. The van der Waals surface area contributed by atoms with Crippen molar-refractivity contribution in [3.63, 3.8) is 0 Å². The van der Waals surface area contributed by atoms with Crippen molar-refractivity contribution in [2.45, 2.75) is 32.9 Å². The van der Waals surface area contributed by atoms with Crippen molar-refractivity contribution in [3.05, 3.63) is 24.2 Å². The Hall–Kier alpha value is -0.800. The average molecular weight is 424 g/mol. The van der Waals surface area contributed by atoms with Gasteiger partial charge in [-0.3, -0.25) is 9.89 Å². The topological polar surface area (TPSA) is 76.0 Å². The Morgan fingerprint density at radius 3 is 2.64 bits per heavy atom. The summed E-state index contributed by atoms with van der Waals surface area (Å²) < 4.78 is 10.6. The maximum absolute atomic E-state index is 5.92. The van der Waals surface area contributed by atoms with E-state index < -0.39 is 0 Å². The van der Waals surface area contributed by atoms with E-state index in [1.807, 2.05) is 19.1 Å². The highest BCUT2D eigenvalue weighted by Gasteiger charge is 2.20. The summed E-state index contributed by atoms with van der Waals surface area (Å²) in [5.41, 5.74) is 5.92. The van der Waals surface area contributed by atoms with Gasteiger partial charge < -0.3 is 20.2 Å². The minimum absolute atomic E-state index is 0. The van der Waals surface area contributed by atoms with Crippen molar-refractivity contribution in [2.24, 2.45) is 10.7 Å². The SMILES string of the molecule is CCN(CC)C(CN=C(N)NC(C)COC)c1ccco1.I. The number of nitrogens with one attached hydrogen (secondary N) is 1. The molecule has 0 aliphatic carbocycles. The van der Waals surface area contributed by atoms with Crippen molar-refractivity contribution in [1.82, 2.24) is 10.2 Å². The van der Waals surface area contributed by atoms with Gasteiger partial charge >= 0.3 is 0 Å². The van der Waals surface area contributed by atoms with E-state index in [0.717, 1.165) is 18.8 Å². The van der Waals surface area contributed by atoms with E-state index >= 15 is 0 Å². The molecule has 1 rings (SSSR count). The molecule has 1 aromatic rings. The summed E-state index contributed by atoms with van der Waals surface area (Å²) in [6, 6.07) is 4.12. The Kier molecular flexibility index (Phi) is 11.3. The van der Waals surface area contributed by atoms with E-state index in [4.69, 9.17) is 14.9 Å². The lowest BCUT2D eigenvalue weighted by molar-refractivity contribution is 0.179. The zero-order valence-electron chi connectivity index (χ0n) is 13.9. The molecule has 0 aromatic carbocycles. The van der Waals surface area contributed by atoms with Crippen molar-refractivity contribution in [3.8, 4) is 0 Å². The first-order valence-electron chi connectivity index (χ1n) is 7.45. The number of rotatable bonds is 9. The molecule has 0 aliphatic rings. The highest BCUT2D eigenvalue weighted by atomic mass is 127. The lowest BCUT2D eigenvalue weighted by atomic mass is 10.2. The lowest BCUT2D eigenvalue weighted by Gasteiger charge is -2.27. The van der Waals surface area contributed by atoms with Gasteiger partial charge in [0.2, 0.25) is 0 Å². The smallest absolute Gasteiger partial charge is 0.188 e. The van der Waals surface area contributed by atoms with Crippen LogP contribution in [0.5, 0.6) is 0 Å². The summed E-state index contributed by atoms with van der Waals surface area (Å²) in [6.45, 7) is 9.29. The summed E-state index contributed by atoms with van der Waals surface area (Å²) in [6.07, 6.45) is 1.69. The summed E-state index contributed by atoms with van der Waals surface area (Å²) >= 11 is 0. The van der Waals surface area contributed by atoms with Crippen molar-refractivity contribution in [2.75, 3.05) is 33.4 Å². The van der Waals surface area contributed by atoms with Gasteiger partial charge in [-0.2, -0.15) is 0 Å². The number of hydrogen-bond acceptors (Lipinski definition) is 4. The molecular formula is C15H29IN4O2. The van der Waals surface area contributed by atoms with E-state index in [1.54, 1.807) is 13.4 Å². The van der Waals surface area contributed by atoms with Gasteiger partial charge in [-0.15, -0.1) is 24.0 Å². The number of ether oxygens (including phenoxy) is 1. The maximum Gasteiger partial charge on any atom is 0.188 e. The zero-order chi connectivity index (χ0) is 15.7. The molecule has 22 heavy (non-hydrogen) atoms. The monoisotopic (exact) mass is 424 g/mol. The molecule has 0 amide bonds. The van der Waals surface area contributed by atoms with Crippen molar-refractivity contribution < 1.29 is 9.15 Å². The van der Waals surface area contributed by atoms with Crippen LogP contribution >= 0.6 is 24.0 Å². The largest absolute Gasteiger partial charge is 0.468 e. The number of guanidine groups is 1. The minimum atomic E-state index is 0. The van der Waals surface area contributed by atoms with Gasteiger partial charge in [0, 0.05) is 13.2 Å². The third-order valence-corrected chi connectivity index (χ3v) is 3.37. The third-order valence-electron chi connectivity index (χ3n) is 3.37. The molecular weight excluding hydrogens is 395 g/mol. The molecule has 3 N–H and O–H groups in total. The van der Waals surface area contributed by atoms with E-state index in [-0.39, 0.29) is 36.1 Å². The standard InChI is InChI=1S/C15H28N4O2.HI/c1-5-19(6-2)13(14-8-7-9-21-14)10-17-15(16)18-12(3)11-20-4;/h7-9,12-13H,5-6,10-11H2,1-4H3,(H3,16,17,18);1H. The first kappa shape index (κ1) is 21.2. The van der Waals surface area contributed by atoms with Gasteiger partial charge in [0.25, 0.3) is 0 Å². The predicted molar refractivity (Wildman–Crippen MR) is 101 cm³/mol. The highest BCUT2D eigenvalue weighted by molar-refractivity contribution is 14.0. The van der Waals surface area contributed by atoms with Crippen LogP contribution in [0.4, 0.5) is 0 Å². The fourth-order valence-corrected chi connectivity index (χ4v) is 2.31. The quantitative estimate of drug-likeness (QED) is 0.361. The van der Waals surface area contributed by atoms with Crippen LogP contribution in [0.2, 0.25) is 0 Å². The fourth-order valence-electron chi connectivity index (χ4n) is 2.31. The molecule has 0 spiro atoms. The average Bonchev–Trinajstić information content (AvgIpc) is 2.97. The molecule has 7 heteroatoms. The molecule has 0 saturated carbocycles. The maximum atomic E-state index is 5.92. The van der Waals surface area contributed by atoms with Gasteiger partial charge in [-0.25, -0.2) is 0 Å². The van der Waals surface area contributed by atoms with Gasteiger partial charge in [0.15, 0.2) is 5.96 Å². The summed E-state index contributed by atoms with van der Waals surface area (Å²) in [7, 11) is 1.67. The van der Waals surface area contributed by atoms with Gasteiger partial charge in [0.05, 0.1) is 25.5 Å². The van der Waals surface area contributed by atoms with Gasteiger partial charge in [-0.1, -0.05) is 13.8 Å². The Balaban J connectivity index is 0.00000441. The van der Waals surface area contributed by atoms with E-state index in [0.29, 0.717) is 19.1 Å². The lowest BCUT2D eigenvalue weighted by Crippen LogP contribution is -2.41.